The lowest BCUT2D eigenvalue weighted by Crippen LogP contribution is -2.56. The number of hydrogen-bond acceptors (Lipinski definition) is 4. The van der Waals surface area contributed by atoms with Gasteiger partial charge in [0.15, 0.2) is 0 Å². The molecule has 0 aliphatic carbocycles. The van der Waals surface area contributed by atoms with Crippen LogP contribution in [0.5, 0.6) is 5.75 Å². The summed E-state index contributed by atoms with van der Waals surface area (Å²) in [6.07, 6.45) is 0.202. The maximum absolute atomic E-state index is 12.6. The van der Waals surface area contributed by atoms with Crippen LogP contribution >= 0.6 is 0 Å². The van der Waals surface area contributed by atoms with Crippen LogP contribution in [0.3, 0.4) is 0 Å². The van der Waals surface area contributed by atoms with Crippen molar-refractivity contribution in [3.05, 3.63) is 29.3 Å². The summed E-state index contributed by atoms with van der Waals surface area (Å²) in [5.41, 5.74) is -0.0725. The summed E-state index contributed by atoms with van der Waals surface area (Å²) < 4.78 is 0. The maximum Gasteiger partial charge on any atom is 0.312 e. The fraction of sp³-hybridized carbons (Fsp3) is 0.529. The number of carboxylic acids is 1. The molecule has 1 fully saturated rings. The van der Waals surface area contributed by atoms with Gasteiger partial charge in [0.05, 0.1) is 11.5 Å². The molecule has 126 valence electrons. The third kappa shape index (κ3) is 3.17. The van der Waals surface area contributed by atoms with E-state index in [1.807, 2.05) is 6.92 Å². The first-order chi connectivity index (χ1) is 10.8. The largest absolute Gasteiger partial charge is 0.508 e. The topological polar surface area (TPSA) is 98.1 Å². The van der Waals surface area contributed by atoms with Crippen molar-refractivity contribution in [2.45, 2.75) is 39.2 Å². The standard InChI is InChI=1S/C17H23NO5/c1-3-6-17(16(22)23)7-8-18(10-14(17)20)15(21)13-5-4-12(19)9-11(13)2/h4-5,9,14,19-20H,3,6-8,10H2,1-2H3,(H,22,23)/t14-,17-/m0/s1. The summed E-state index contributed by atoms with van der Waals surface area (Å²) in [7, 11) is 0. The Morgan fingerprint density at radius 2 is 2.09 bits per heavy atom. The summed E-state index contributed by atoms with van der Waals surface area (Å²) >= 11 is 0. The zero-order valence-corrected chi connectivity index (χ0v) is 13.5. The monoisotopic (exact) mass is 321 g/mol. The molecule has 1 heterocycles. The molecule has 6 heteroatoms. The van der Waals surface area contributed by atoms with Gasteiger partial charge in [0.25, 0.3) is 5.91 Å². The molecule has 3 N–H and O–H groups in total. The predicted molar refractivity (Wildman–Crippen MR) is 84.3 cm³/mol. The first-order valence-corrected chi connectivity index (χ1v) is 7.82. The van der Waals surface area contributed by atoms with Crippen molar-refractivity contribution in [1.29, 1.82) is 0 Å². The number of piperidine rings is 1. The van der Waals surface area contributed by atoms with Gasteiger partial charge in [-0.25, -0.2) is 0 Å². The molecule has 0 unspecified atom stereocenters. The average molecular weight is 321 g/mol. The molecule has 2 atom stereocenters. The number of aliphatic carboxylic acids is 1. The molecule has 0 saturated carbocycles. The van der Waals surface area contributed by atoms with Crippen LogP contribution in [0.15, 0.2) is 18.2 Å². The highest BCUT2D eigenvalue weighted by Gasteiger charge is 2.48. The molecule has 1 aliphatic rings. The lowest BCUT2D eigenvalue weighted by atomic mass is 9.72. The fourth-order valence-corrected chi connectivity index (χ4v) is 3.31. The quantitative estimate of drug-likeness (QED) is 0.785. The third-order valence-electron chi connectivity index (χ3n) is 4.71. The maximum atomic E-state index is 12.6. The number of benzene rings is 1. The number of aromatic hydroxyl groups is 1. The number of hydrogen-bond donors (Lipinski definition) is 3. The Hall–Kier alpha value is -2.08. The van der Waals surface area contributed by atoms with Crippen LogP contribution < -0.4 is 0 Å². The van der Waals surface area contributed by atoms with Gasteiger partial charge in [-0.2, -0.15) is 0 Å². The Labute approximate surface area is 135 Å². The van der Waals surface area contributed by atoms with Gasteiger partial charge in [0.1, 0.15) is 5.75 Å². The van der Waals surface area contributed by atoms with Crippen LogP contribution in [-0.2, 0) is 4.79 Å². The Balaban J connectivity index is 2.19. The minimum atomic E-state index is -1.17. The van der Waals surface area contributed by atoms with Crippen molar-refractivity contribution < 1.29 is 24.9 Å². The highest BCUT2D eigenvalue weighted by Crippen LogP contribution is 2.37. The average Bonchev–Trinajstić information content (AvgIpc) is 2.48. The Morgan fingerprint density at radius 3 is 2.61 bits per heavy atom. The molecule has 0 spiro atoms. The SMILES string of the molecule is CCC[C@]1(C(=O)O)CCN(C(=O)c2ccc(O)cc2C)C[C@@H]1O. The molecular weight excluding hydrogens is 298 g/mol. The number of carboxylic acid groups (broad SMARTS) is 1. The summed E-state index contributed by atoms with van der Waals surface area (Å²) in [6, 6.07) is 4.50. The van der Waals surface area contributed by atoms with Crippen LogP contribution in [0.1, 0.15) is 42.1 Å². The van der Waals surface area contributed by atoms with Crippen molar-refractivity contribution in [3.63, 3.8) is 0 Å². The van der Waals surface area contributed by atoms with E-state index in [1.165, 1.54) is 17.0 Å². The molecule has 1 amide bonds. The summed E-state index contributed by atoms with van der Waals surface area (Å²) in [5, 5.41) is 29.3. The van der Waals surface area contributed by atoms with Crippen molar-refractivity contribution in [3.8, 4) is 5.75 Å². The molecular formula is C17H23NO5. The summed E-state index contributed by atoms with van der Waals surface area (Å²) in [6.45, 7) is 3.91. The van der Waals surface area contributed by atoms with Gasteiger partial charge >= 0.3 is 5.97 Å². The van der Waals surface area contributed by atoms with Gasteiger partial charge in [-0.1, -0.05) is 13.3 Å². The smallest absolute Gasteiger partial charge is 0.312 e. The number of nitrogens with zero attached hydrogens (tertiary/aromatic N) is 1. The van der Waals surface area contributed by atoms with Crippen LogP contribution in [0.2, 0.25) is 0 Å². The van der Waals surface area contributed by atoms with Crippen LogP contribution in [0, 0.1) is 12.3 Å². The van der Waals surface area contributed by atoms with Gasteiger partial charge in [0.2, 0.25) is 0 Å². The zero-order valence-electron chi connectivity index (χ0n) is 13.5. The first-order valence-electron chi connectivity index (χ1n) is 7.82. The number of carbonyl (C=O) groups excluding carboxylic acids is 1. The van der Waals surface area contributed by atoms with Crippen molar-refractivity contribution in [2.75, 3.05) is 13.1 Å². The van der Waals surface area contributed by atoms with E-state index < -0.39 is 17.5 Å². The molecule has 1 aromatic carbocycles. The highest BCUT2D eigenvalue weighted by molar-refractivity contribution is 5.96. The molecule has 1 aliphatic heterocycles. The van der Waals surface area contributed by atoms with E-state index in [9.17, 15) is 24.9 Å². The van der Waals surface area contributed by atoms with E-state index in [4.69, 9.17) is 0 Å². The van der Waals surface area contributed by atoms with Gasteiger partial charge in [-0.05, 0) is 43.5 Å². The van der Waals surface area contributed by atoms with E-state index in [0.717, 1.165) is 0 Å². The molecule has 1 saturated heterocycles. The lowest BCUT2D eigenvalue weighted by Gasteiger charge is -2.42. The fourth-order valence-electron chi connectivity index (χ4n) is 3.31. The molecule has 1 aromatic rings. The van der Waals surface area contributed by atoms with Crippen LogP contribution in [0.4, 0.5) is 0 Å². The van der Waals surface area contributed by atoms with Gasteiger partial charge in [0, 0.05) is 18.7 Å². The molecule has 23 heavy (non-hydrogen) atoms. The van der Waals surface area contributed by atoms with E-state index in [1.54, 1.807) is 13.0 Å². The molecule has 0 aromatic heterocycles. The zero-order chi connectivity index (χ0) is 17.2. The number of phenols is 1. The molecule has 6 nitrogen and oxygen atoms in total. The first kappa shape index (κ1) is 17.3. The predicted octanol–water partition coefficient (Wildman–Crippen LogP) is 1.78. The second kappa shape index (κ2) is 6.58. The summed E-state index contributed by atoms with van der Waals surface area (Å²) in [5.74, 6) is -1.16. The number of amides is 1. The molecule has 0 radical (unpaired) electrons. The van der Waals surface area contributed by atoms with E-state index in [-0.39, 0.29) is 24.6 Å². The lowest BCUT2D eigenvalue weighted by molar-refractivity contribution is -0.162. The van der Waals surface area contributed by atoms with E-state index >= 15 is 0 Å². The van der Waals surface area contributed by atoms with E-state index in [0.29, 0.717) is 30.5 Å². The Morgan fingerprint density at radius 1 is 1.39 bits per heavy atom. The normalized spacial score (nSPS) is 24.5. The minimum absolute atomic E-state index is 0.00541. The van der Waals surface area contributed by atoms with Crippen molar-refractivity contribution in [1.82, 2.24) is 4.90 Å². The van der Waals surface area contributed by atoms with Crippen LogP contribution in [-0.4, -0.2) is 51.3 Å². The second-order valence-electron chi connectivity index (χ2n) is 6.23. The highest BCUT2D eigenvalue weighted by atomic mass is 16.4. The van der Waals surface area contributed by atoms with Gasteiger partial charge in [-0.15, -0.1) is 0 Å². The molecule has 0 bridgehead atoms. The number of aryl methyl sites for hydroxylation is 1. The number of β-amino-alcohol motifs (C(OH)–C–C–N with tert-alkyl or cyclic N) is 1. The van der Waals surface area contributed by atoms with Crippen molar-refractivity contribution >= 4 is 11.9 Å². The van der Waals surface area contributed by atoms with Crippen LogP contribution in [0.25, 0.3) is 0 Å². The van der Waals surface area contributed by atoms with E-state index in [2.05, 4.69) is 0 Å². The molecule has 2 rings (SSSR count). The second-order valence-corrected chi connectivity index (χ2v) is 6.23. The van der Waals surface area contributed by atoms with Gasteiger partial charge in [-0.3, -0.25) is 9.59 Å². The minimum Gasteiger partial charge on any atom is -0.508 e. The number of phenolic OH excluding ortho intramolecular Hbond substituents is 1. The Kier molecular flexibility index (Phi) is 4.94. The number of carbonyl (C=O) groups is 2. The number of rotatable bonds is 4. The van der Waals surface area contributed by atoms with Gasteiger partial charge < -0.3 is 20.2 Å². The number of likely N-dealkylation sites (tertiary alicyclic amines) is 1. The number of aliphatic hydroxyl groups is 1. The summed E-state index contributed by atoms with van der Waals surface area (Å²) in [4.78, 5) is 25.7. The Bertz CT molecular complexity index is 615. The third-order valence-corrected chi connectivity index (χ3v) is 4.71. The number of aliphatic hydroxyl groups excluding tert-OH is 1. The van der Waals surface area contributed by atoms with Crippen molar-refractivity contribution in [2.24, 2.45) is 5.41 Å².